The van der Waals surface area contributed by atoms with Crippen molar-refractivity contribution in [3.05, 3.63) is 12.7 Å². The molecule has 0 heteroatoms. The third kappa shape index (κ3) is 15.7. The fraction of sp³-hybridized carbons (Fsp3) is 0.889. The summed E-state index contributed by atoms with van der Waals surface area (Å²) in [7, 11) is 0. The molecule has 110 valence electrons. The summed E-state index contributed by atoms with van der Waals surface area (Å²) in [5, 5.41) is 0. The first-order chi connectivity index (χ1) is 8.70. The molecule has 18 heavy (non-hydrogen) atoms. The van der Waals surface area contributed by atoms with E-state index >= 15 is 0 Å². The molecule has 1 aliphatic carbocycles. The van der Waals surface area contributed by atoms with Gasteiger partial charge in [0.1, 0.15) is 0 Å². The summed E-state index contributed by atoms with van der Waals surface area (Å²) < 4.78 is 0. The van der Waals surface area contributed by atoms with E-state index in [2.05, 4.69) is 27.4 Å². The smallest absolute Gasteiger partial charge is 0.0351 e. The van der Waals surface area contributed by atoms with E-state index in [0.717, 1.165) is 11.8 Å². The van der Waals surface area contributed by atoms with Crippen LogP contribution in [0.15, 0.2) is 12.7 Å². The molecule has 0 nitrogen and oxygen atoms in total. The van der Waals surface area contributed by atoms with Crippen molar-refractivity contribution in [2.45, 2.75) is 92.4 Å². The summed E-state index contributed by atoms with van der Waals surface area (Å²) in [6.45, 7) is 14.6. The van der Waals surface area contributed by atoms with Crippen molar-refractivity contribution >= 4 is 0 Å². The Morgan fingerprint density at radius 1 is 1.11 bits per heavy atom. The second kappa shape index (κ2) is 16.7. The van der Waals surface area contributed by atoms with Gasteiger partial charge in [-0.25, -0.2) is 0 Å². The van der Waals surface area contributed by atoms with Gasteiger partial charge in [0, 0.05) is 0 Å². The Morgan fingerprint density at radius 2 is 1.67 bits per heavy atom. The lowest BCUT2D eigenvalue weighted by atomic mass is 9.91. The van der Waals surface area contributed by atoms with Crippen LogP contribution in [0.25, 0.3) is 0 Å². The predicted molar refractivity (Wildman–Crippen MR) is 87.1 cm³/mol. The van der Waals surface area contributed by atoms with Crippen molar-refractivity contribution in [3.63, 3.8) is 0 Å². The summed E-state index contributed by atoms with van der Waals surface area (Å²) in [5.41, 5.74) is 0. The molecule has 0 radical (unpaired) electrons. The Labute approximate surface area is 117 Å². The van der Waals surface area contributed by atoms with Crippen molar-refractivity contribution in [1.29, 1.82) is 0 Å². The van der Waals surface area contributed by atoms with Gasteiger partial charge in [-0.05, 0) is 24.7 Å². The SMILES string of the molecule is C=CCCC(C)CCC.CC.CC1CCCCC1. The van der Waals surface area contributed by atoms with E-state index in [9.17, 15) is 0 Å². The van der Waals surface area contributed by atoms with Gasteiger partial charge in [-0.15, -0.1) is 6.58 Å². The van der Waals surface area contributed by atoms with Crippen molar-refractivity contribution in [2.75, 3.05) is 0 Å². The van der Waals surface area contributed by atoms with E-state index in [1.165, 1.54) is 57.8 Å². The zero-order valence-electron chi connectivity index (χ0n) is 13.8. The van der Waals surface area contributed by atoms with Crippen LogP contribution in [0.4, 0.5) is 0 Å². The molecule has 0 aliphatic heterocycles. The van der Waals surface area contributed by atoms with Crippen LogP contribution in [-0.4, -0.2) is 0 Å². The lowest BCUT2D eigenvalue weighted by Crippen LogP contribution is -1.99. The average molecular weight is 255 g/mol. The molecule has 0 heterocycles. The Morgan fingerprint density at radius 3 is 2.00 bits per heavy atom. The third-order valence-electron chi connectivity index (χ3n) is 3.54. The molecule has 0 aromatic carbocycles. The summed E-state index contributed by atoms with van der Waals surface area (Å²) in [4.78, 5) is 0. The van der Waals surface area contributed by atoms with Gasteiger partial charge in [-0.1, -0.05) is 85.6 Å². The highest BCUT2D eigenvalue weighted by Crippen LogP contribution is 2.22. The molecule has 0 bridgehead atoms. The normalized spacial score (nSPS) is 16.7. The first-order valence-electron chi connectivity index (χ1n) is 8.31. The molecule has 0 saturated heterocycles. The maximum atomic E-state index is 3.69. The van der Waals surface area contributed by atoms with Crippen LogP contribution in [0.2, 0.25) is 0 Å². The van der Waals surface area contributed by atoms with Crippen LogP contribution in [0.1, 0.15) is 92.4 Å². The number of hydrogen-bond donors (Lipinski definition) is 0. The lowest BCUT2D eigenvalue weighted by molar-refractivity contribution is 0.385. The van der Waals surface area contributed by atoms with Crippen LogP contribution < -0.4 is 0 Å². The van der Waals surface area contributed by atoms with Crippen molar-refractivity contribution in [1.82, 2.24) is 0 Å². The highest BCUT2D eigenvalue weighted by Gasteiger charge is 2.05. The molecule has 0 aromatic heterocycles. The van der Waals surface area contributed by atoms with Gasteiger partial charge in [0.05, 0.1) is 0 Å². The van der Waals surface area contributed by atoms with Gasteiger partial charge < -0.3 is 0 Å². The first-order valence-corrected chi connectivity index (χ1v) is 8.31. The van der Waals surface area contributed by atoms with E-state index in [4.69, 9.17) is 0 Å². The summed E-state index contributed by atoms with van der Waals surface area (Å²) >= 11 is 0. The molecular weight excluding hydrogens is 216 g/mol. The Bertz CT molecular complexity index is 142. The van der Waals surface area contributed by atoms with Crippen LogP contribution in [0.5, 0.6) is 0 Å². The Hall–Kier alpha value is -0.260. The summed E-state index contributed by atoms with van der Waals surface area (Å²) in [5.74, 6) is 1.93. The minimum absolute atomic E-state index is 0.896. The number of allylic oxidation sites excluding steroid dienone is 1. The van der Waals surface area contributed by atoms with Crippen LogP contribution >= 0.6 is 0 Å². The van der Waals surface area contributed by atoms with Gasteiger partial charge in [0.2, 0.25) is 0 Å². The molecule has 1 saturated carbocycles. The Kier molecular flexibility index (Phi) is 18.7. The van der Waals surface area contributed by atoms with Crippen molar-refractivity contribution in [2.24, 2.45) is 11.8 Å². The summed E-state index contributed by atoms with van der Waals surface area (Å²) in [6.07, 6.45) is 14.6. The highest BCUT2D eigenvalue weighted by molar-refractivity contribution is 4.67. The monoisotopic (exact) mass is 254 g/mol. The van der Waals surface area contributed by atoms with E-state index in [0.29, 0.717) is 0 Å². The molecule has 1 fully saturated rings. The van der Waals surface area contributed by atoms with Crippen molar-refractivity contribution in [3.8, 4) is 0 Å². The predicted octanol–water partition coefficient (Wildman–Crippen LogP) is 7.00. The van der Waals surface area contributed by atoms with E-state index < -0.39 is 0 Å². The molecule has 0 aromatic rings. The van der Waals surface area contributed by atoms with Crippen LogP contribution in [0.3, 0.4) is 0 Å². The standard InChI is InChI=1S/C9H18.C7H14.C2H6/c1-4-6-8-9(3)7-5-2;1-7-5-3-2-4-6-7;1-2/h4,9H,1,5-8H2,2-3H3;7H,2-6H2,1H3;1-2H3. The van der Waals surface area contributed by atoms with Gasteiger partial charge in [-0.3, -0.25) is 0 Å². The van der Waals surface area contributed by atoms with Gasteiger partial charge in [0.25, 0.3) is 0 Å². The second-order valence-electron chi connectivity index (χ2n) is 5.50. The molecule has 0 spiro atoms. The lowest BCUT2D eigenvalue weighted by Gasteiger charge is -2.15. The highest BCUT2D eigenvalue weighted by atomic mass is 14.1. The largest absolute Gasteiger partial charge is 0.103 e. The molecule has 0 N–H and O–H groups in total. The fourth-order valence-corrected chi connectivity index (χ4v) is 2.35. The molecule has 1 atom stereocenters. The average Bonchev–Trinajstić information content (AvgIpc) is 2.41. The second-order valence-corrected chi connectivity index (χ2v) is 5.50. The maximum Gasteiger partial charge on any atom is -0.0351 e. The maximum absolute atomic E-state index is 3.69. The fourth-order valence-electron chi connectivity index (χ4n) is 2.35. The molecule has 1 aliphatic rings. The zero-order valence-corrected chi connectivity index (χ0v) is 13.8. The molecule has 1 unspecified atom stereocenters. The molecule has 1 rings (SSSR count). The zero-order chi connectivity index (χ0) is 14.2. The molecular formula is C18H38. The van der Waals surface area contributed by atoms with Crippen molar-refractivity contribution < 1.29 is 0 Å². The van der Waals surface area contributed by atoms with E-state index in [1.807, 2.05) is 19.9 Å². The van der Waals surface area contributed by atoms with Gasteiger partial charge in [0.15, 0.2) is 0 Å². The number of hydrogen-bond acceptors (Lipinski definition) is 0. The third-order valence-corrected chi connectivity index (χ3v) is 3.54. The first kappa shape index (κ1) is 20.1. The van der Waals surface area contributed by atoms with Gasteiger partial charge >= 0.3 is 0 Å². The van der Waals surface area contributed by atoms with Crippen LogP contribution in [0, 0.1) is 11.8 Å². The summed E-state index contributed by atoms with van der Waals surface area (Å²) in [6, 6.07) is 0. The Balaban J connectivity index is 0. The van der Waals surface area contributed by atoms with E-state index in [-0.39, 0.29) is 0 Å². The topological polar surface area (TPSA) is 0 Å². The molecule has 0 amide bonds. The van der Waals surface area contributed by atoms with Crippen LogP contribution in [-0.2, 0) is 0 Å². The van der Waals surface area contributed by atoms with E-state index in [1.54, 1.807) is 0 Å². The number of rotatable bonds is 5. The minimum atomic E-state index is 0.896. The minimum Gasteiger partial charge on any atom is -0.103 e. The van der Waals surface area contributed by atoms with Gasteiger partial charge in [-0.2, -0.15) is 0 Å². The quantitative estimate of drug-likeness (QED) is 0.463.